The number of H-pyrrole nitrogens is 1. The predicted molar refractivity (Wildman–Crippen MR) is 60.3 cm³/mol. The first kappa shape index (κ1) is 11.4. The summed E-state index contributed by atoms with van der Waals surface area (Å²) in [5.74, 6) is 0. The van der Waals surface area contributed by atoms with Crippen LogP contribution >= 0.6 is 0 Å². The highest BCUT2D eigenvalue weighted by Gasteiger charge is 2.26. The standard InChI is InChI=1S/C12H17NO3/c1-8-3-4-11(16-8)12-9(7-15-2)10(14)5-6-13-12/h5-6,8,11H,3-4,7H2,1-2H3,(H,13,14). The molecule has 1 aliphatic heterocycles. The number of nitrogens with one attached hydrogen (secondary N) is 1. The van der Waals surface area contributed by atoms with E-state index < -0.39 is 0 Å². The minimum absolute atomic E-state index is 0.00838. The number of hydrogen-bond acceptors (Lipinski definition) is 3. The lowest BCUT2D eigenvalue weighted by Gasteiger charge is -2.14. The molecule has 4 nitrogen and oxygen atoms in total. The van der Waals surface area contributed by atoms with Crippen molar-refractivity contribution in [3.63, 3.8) is 0 Å². The molecule has 16 heavy (non-hydrogen) atoms. The fraction of sp³-hybridized carbons (Fsp3) is 0.583. The second-order valence-electron chi connectivity index (χ2n) is 4.18. The first-order valence-electron chi connectivity index (χ1n) is 5.57. The molecule has 0 aromatic carbocycles. The zero-order valence-electron chi connectivity index (χ0n) is 9.66. The first-order chi connectivity index (χ1) is 7.72. The van der Waals surface area contributed by atoms with Crippen LogP contribution in [-0.2, 0) is 16.1 Å². The summed E-state index contributed by atoms with van der Waals surface area (Å²) in [7, 11) is 1.59. The van der Waals surface area contributed by atoms with Crippen LogP contribution in [-0.4, -0.2) is 18.2 Å². The van der Waals surface area contributed by atoms with Gasteiger partial charge in [0.05, 0.1) is 24.5 Å². The fourth-order valence-electron chi connectivity index (χ4n) is 2.12. The van der Waals surface area contributed by atoms with Crippen LogP contribution in [0.25, 0.3) is 0 Å². The van der Waals surface area contributed by atoms with E-state index in [-0.39, 0.29) is 17.6 Å². The molecule has 0 radical (unpaired) electrons. The van der Waals surface area contributed by atoms with Gasteiger partial charge in [-0.3, -0.25) is 4.79 Å². The molecule has 0 spiro atoms. The highest BCUT2D eigenvalue weighted by Crippen LogP contribution is 2.32. The average Bonchev–Trinajstić information content (AvgIpc) is 2.68. The molecule has 2 atom stereocenters. The molecule has 88 valence electrons. The van der Waals surface area contributed by atoms with Crippen LogP contribution in [0.4, 0.5) is 0 Å². The Labute approximate surface area is 94.6 Å². The quantitative estimate of drug-likeness (QED) is 0.849. The number of aromatic nitrogens is 1. The SMILES string of the molecule is COCc1c(C2CCC(C)O2)[nH]ccc1=O. The van der Waals surface area contributed by atoms with E-state index in [9.17, 15) is 4.79 Å². The fourth-order valence-corrected chi connectivity index (χ4v) is 2.12. The summed E-state index contributed by atoms with van der Waals surface area (Å²) in [6.07, 6.45) is 3.94. The number of hydrogen-bond donors (Lipinski definition) is 1. The molecule has 0 amide bonds. The van der Waals surface area contributed by atoms with Crippen molar-refractivity contribution in [3.8, 4) is 0 Å². The Morgan fingerprint density at radius 2 is 2.38 bits per heavy atom. The van der Waals surface area contributed by atoms with Gasteiger partial charge in [-0.05, 0) is 19.8 Å². The van der Waals surface area contributed by atoms with Crippen molar-refractivity contribution in [1.82, 2.24) is 4.98 Å². The Bertz CT molecular complexity index is 413. The average molecular weight is 223 g/mol. The molecule has 0 aliphatic carbocycles. The van der Waals surface area contributed by atoms with Crippen LogP contribution in [0, 0.1) is 0 Å². The Morgan fingerprint density at radius 3 is 3.00 bits per heavy atom. The largest absolute Gasteiger partial charge is 0.380 e. The highest BCUT2D eigenvalue weighted by atomic mass is 16.5. The Morgan fingerprint density at radius 1 is 1.56 bits per heavy atom. The molecule has 1 N–H and O–H groups in total. The minimum Gasteiger partial charge on any atom is -0.380 e. The van der Waals surface area contributed by atoms with Crippen LogP contribution in [0.3, 0.4) is 0 Å². The summed E-state index contributed by atoms with van der Waals surface area (Å²) in [6.45, 7) is 2.39. The van der Waals surface area contributed by atoms with Crippen LogP contribution in [0.1, 0.15) is 37.1 Å². The molecule has 4 heteroatoms. The van der Waals surface area contributed by atoms with Gasteiger partial charge in [0.1, 0.15) is 0 Å². The predicted octanol–water partition coefficient (Wildman–Crippen LogP) is 1.76. The molecule has 0 bridgehead atoms. The van der Waals surface area contributed by atoms with Gasteiger partial charge in [0.15, 0.2) is 5.43 Å². The van der Waals surface area contributed by atoms with Gasteiger partial charge in [-0.2, -0.15) is 0 Å². The van der Waals surface area contributed by atoms with Gasteiger partial charge in [0, 0.05) is 24.9 Å². The van der Waals surface area contributed by atoms with E-state index in [4.69, 9.17) is 9.47 Å². The van der Waals surface area contributed by atoms with Gasteiger partial charge in [-0.25, -0.2) is 0 Å². The smallest absolute Gasteiger partial charge is 0.187 e. The topological polar surface area (TPSA) is 51.3 Å². The molecule has 1 aromatic rings. The molecule has 1 fully saturated rings. The minimum atomic E-state index is 0.00838. The van der Waals surface area contributed by atoms with Crippen LogP contribution in [0.2, 0.25) is 0 Å². The zero-order valence-corrected chi connectivity index (χ0v) is 9.66. The Kier molecular flexibility index (Phi) is 3.41. The van der Waals surface area contributed by atoms with E-state index >= 15 is 0 Å². The Hall–Kier alpha value is -1.13. The van der Waals surface area contributed by atoms with Gasteiger partial charge in [-0.1, -0.05) is 0 Å². The van der Waals surface area contributed by atoms with Gasteiger partial charge >= 0.3 is 0 Å². The van der Waals surface area contributed by atoms with Crippen LogP contribution in [0.15, 0.2) is 17.1 Å². The first-order valence-corrected chi connectivity index (χ1v) is 5.57. The third-order valence-electron chi connectivity index (χ3n) is 2.94. The van der Waals surface area contributed by atoms with Crippen molar-refractivity contribution in [2.75, 3.05) is 7.11 Å². The lowest BCUT2D eigenvalue weighted by Crippen LogP contribution is -2.16. The second-order valence-corrected chi connectivity index (χ2v) is 4.18. The van der Waals surface area contributed by atoms with E-state index in [2.05, 4.69) is 11.9 Å². The molecule has 1 aromatic heterocycles. The van der Waals surface area contributed by atoms with E-state index in [1.807, 2.05) is 0 Å². The Balaban J connectivity index is 2.32. The van der Waals surface area contributed by atoms with Gasteiger partial charge in [0.25, 0.3) is 0 Å². The summed E-state index contributed by atoms with van der Waals surface area (Å²) < 4.78 is 10.8. The van der Waals surface area contributed by atoms with Crippen molar-refractivity contribution in [2.45, 2.75) is 38.6 Å². The summed E-state index contributed by atoms with van der Waals surface area (Å²) in [5.41, 5.74) is 1.57. The third-order valence-corrected chi connectivity index (χ3v) is 2.94. The van der Waals surface area contributed by atoms with Gasteiger partial charge < -0.3 is 14.5 Å². The highest BCUT2D eigenvalue weighted by molar-refractivity contribution is 5.22. The van der Waals surface area contributed by atoms with Crippen molar-refractivity contribution in [1.29, 1.82) is 0 Å². The molecule has 1 aliphatic rings. The summed E-state index contributed by atoms with van der Waals surface area (Å²) in [5, 5.41) is 0. The maximum absolute atomic E-state index is 11.7. The van der Waals surface area contributed by atoms with E-state index in [1.165, 1.54) is 6.07 Å². The summed E-state index contributed by atoms with van der Waals surface area (Å²) >= 11 is 0. The molecule has 2 unspecified atom stereocenters. The van der Waals surface area contributed by atoms with Gasteiger partial charge in [-0.15, -0.1) is 0 Å². The molecule has 0 saturated carbocycles. The lowest BCUT2D eigenvalue weighted by atomic mass is 10.1. The van der Waals surface area contributed by atoms with Crippen LogP contribution < -0.4 is 5.43 Å². The van der Waals surface area contributed by atoms with Crippen molar-refractivity contribution < 1.29 is 9.47 Å². The summed E-state index contributed by atoms with van der Waals surface area (Å²) in [4.78, 5) is 14.8. The number of rotatable bonds is 3. The molecular weight excluding hydrogens is 206 g/mol. The number of aromatic amines is 1. The second kappa shape index (κ2) is 4.80. The normalized spacial score (nSPS) is 24.9. The monoisotopic (exact) mass is 223 g/mol. The van der Waals surface area contributed by atoms with E-state index in [1.54, 1.807) is 13.3 Å². The van der Waals surface area contributed by atoms with Crippen molar-refractivity contribution in [3.05, 3.63) is 33.7 Å². The van der Waals surface area contributed by atoms with E-state index in [0.29, 0.717) is 12.2 Å². The van der Waals surface area contributed by atoms with E-state index in [0.717, 1.165) is 18.5 Å². The maximum atomic E-state index is 11.7. The summed E-state index contributed by atoms with van der Waals surface area (Å²) in [6, 6.07) is 1.52. The molecule has 2 heterocycles. The molecule has 2 rings (SSSR count). The number of ether oxygens (including phenoxy) is 2. The van der Waals surface area contributed by atoms with Crippen molar-refractivity contribution in [2.24, 2.45) is 0 Å². The zero-order chi connectivity index (χ0) is 11.5. The maximum Gasteiger partial charge on any atom is 0.187 e. The third kappa shape index (κ3) is 2.18. The molecular formula is C12H17NO3. The number of methoxy groups -OCH3 is 1. The van der Waals surface area contributed by atoms with Crippen LogP contribution in [0.5, 0.6) is 0 Å². The van der Waals surface area contributed by atoms with Gasteiger partial charge in [0.2, 0.25) is 0 Å². The van der Waals surface area contributed by atoms with Crippen molar-refractivity contribution >= 4 is 0 Å². The molecule has 1 saturated heterocycles. The number of pyridine rings is 1. The lowest BCUT2D eigenvalue weighted by molar-refractivity contribution is 0.0510.